The molecule has 0 aliphatic carbocycles. The molecule has 0 spiro atoms. The van der Waals surface area contributed by atoms with E-state index in [0.29, 0.717) is 6.04 Å². The quantitative estimate of drug-likeness (QED) is 0.879. The fourth-order valence-corrected chi connectivity index (χ4v) is 3.99. The highest BCUT2D eigenvalue weighted by Crippen LogP contribution is 2.26. The largest absolute Gasteiger partial charge is 0.391 e. The van der Waals surface area contributed by atoms with Crippen molar-refractivity contribution < 1.29 is 5.11 Å². The van der Waals surface area contributed by atoms with Crippen LogP contribution in [0.3, 0.4) is 0 Å². The first kappa shape index (κ1) is 15.8. The zero-order valence-corrected chi connectivity index (χ0v) is 14.1. The van der Waals surface area contributed by atoms with Crippen LogP contribution in [0.25, 0.3) is 0 Å². The molecule has 5 nitrogen and oxygen atoms in total. The van der Waals surface area contributed by atoms with E-state index < -0.39 is 0 Å². The average molecular weight is 326 g/mol. The molecule has 1 saturated heterocycles. The van der Waals surface area contributed by atoms with Gasteiger partial charge in [-0.1, -0.05) is 30.3 Å². The molecule has 3 heterocycles. The van der Waals surface area contributed by atoms with Gasteiger partial charge in [0, 0.05) is 38.3 Å². The maximum atomic E-state index is 10.4. The molecule has 0 saturated carbocycles. The van der Waals surface area contributed by atoms with Crippen LogP contribution in [0.2, 0.25) is 0 Å². The van der Waals surface area contributed by atoms with Crippen LogP contribution < -0.4 is 5.32 Å². The highest BCUT2D eigenvalue weighted by molar-refractivity contribution is 5.22. The average Bonchev–Trinajstić information content (AvgIpc) is 3.20. The van der Waals surface area contributed by atoms with Crippen molar-refractivity contribution in [1.82, 2.24) is 20.0 Å². The number of benzene rings is 1. The van der Waals surface area contributed by atoms with Gasteiger partial charge in [-0.05, 0) is 24.8 Å². The minimum absolute atomic E-state index is 0.290. The molecule has 128 valence electrons. The third kappa shape index (κ3) is 3.38. The van der Waals surface area contributed by atoms with E-state index in [1.165, 1.54) is 16.8 Å². The Morgan fingerprint density at radius 2 is 1.96 bits per heavy atom. The SMILES string of the molecule is OC(Cc1ccccc1)CN1CCC(n2ncc3c2CNC3)CC1. The third-order valence-electron chi connectivity index (χ3n) is 5.28. The lowest BCUT2D eigenvalue weighted by atomic mass is 10.0. The molecule has 2 aromatic rings. The van der Waals surface area contributed by atoms with Crippen LogP contribution in [0.1, 0.15) is 35.7 Å². The van der Waals surface area contributed by atoms with E-state index in [-0.39, 0.29) is 6.10 Å². The Balaban J connectivity index is 1.28. The number of β-amino-alcohol motifs (C(OH)–C–C–N with tert-alkyl or cyclic N) is 1. The van der Waals surface area contributed by atoms with Crippen molar-refractivity contribution in [2.45, 2.75) is 44.5 Å². The highest BCUT2D eigenvalue weighted by Gasteiger charge is 2.26. The molecular formula is C19H26N4O. The zero-order chi connectivity index (χ0) is 16.4. The molecule has 1 fully saturated rings. The molecule has 0 radical (unpaired) electrons. The first-order valence-electron chi connectivity index (χ1n) is 9.00. The van der Waals surface area contributed by atoms with Crippen LogP contribution >= 0.6 is 0 Å². The maximum Gasteiger partial charge on any atom is 0.0707 e. The number of fused-ring (bicyclic) bond motifs is 1. The summed E-state index contributed by atoms with van der Waals surface area (Å²) in [4.78, 5) is 2.39. The van der Waals surface area contributed by atoms with Crippen LogP contribution in [0.15, 0.2) is 36.5 Å². The van der Waals surface area contributed by atoms with E-state index in [1.807, 2.05) is 24.4 Å². The van der Waals surface area contributed by atoms with E-state index in [1.54, 1.807) is 0 Å². The van der Waals surface area contributed by atoms with Crippen LogP contribution in [0, 0.1) is 0 Å². The topological polar surface area (TPSA) is 53.3 Å². The highest BCUT2D eigenvalue weighted by atomic mass is 16.3. The van der Waals surface area contributed by atoms with Crippen molar-refractivity contribution in [3.8, 4) is 0 Å². The molecular weight excluding hydrogens is 300 g/mol. The number of likely N-dealkylation sites (tertiary alicyclic amines) is 1. The number of rotatable bonds is 5. The van der Waals surface area contributed by atoms with E-state index in [0.717, 1.165) is 52.0 Å². The van der Waals surface area contributed by atoms with Crippen molar-refractivity contribution in [1.29, 1.82) is 0 Å². The van der Waals surface area contributed by atoms with Gasteiger partial charge in [0.2, 0.25) is 0 Å². The number of hydrogen-bond acceptors (Lipinski definition) is 4. The molecule has 1 unspecified atom stereocenters. The van der Waals surface area contributed by atoms with Gasteiger partial charge in [-0.3, -0.25) is 4.68 Å². The lowest BCUT2D eigenvalue weighted by Gasteiger charge is -2.33. The standard InChI is InChI=1S/C19H26N4O/c24-18(10-15-4-2-1-3-5-15)14-22-8-6-17(7-9-22)23-19-13-20-11-16(19)12-21-23/h1-5,12,17-18,20,24H,6-11,13-14H2. The van der Waals surface area contributed by atoms with Crippen LogP contribution in [0.5, 0.6) is 0 Å². The monoisotopic (exact) mass is 326 g/mol. The van der Waals surface area contributed by atoms with Crippen molar-refractivity contribution in [3.63, 3.8) is 0 Å². The fraction of sp³-hybridized carbons (Fsp3) is 0.526. The molecule has 2 N–H and O–H groups in total. The molecule has 2 aliphatic rings. The van der Waals surface area contributed by atoms with Crippen molar-refractivity contribution >= 4 is 0 Å². The Labute approximate surface area is 143 Å². The number of piperidine rings is 1. The fourth-order valence-electron chi connectivity index (χ4n) is 3.99. The molecule has 1 aromatic heterocycles. The van der Waals surface area contributed by atoms with Gasteiger partial charge in [-0.25, -0.2) is 0 Å². The van der Waals surface area contributed by atoms with Gasteiger partial charge in [0.15, 0.2) is 0 Å². The predicted molar refractivity (Wildman–Crippen MR) is 93.6 cm³/mol. The minimum Gasteiger partial charge on any atom is -0.391 e. The van der Waals surface area contributed by atoms with E-state index >= 15 is 0 Å². The van der Waals surface area contributed by atoms with Gasteiger partial charge >= 0.3 is 0 Å². The van der Waals surface area contributed by atoms with Gasteiger partial charge in [-0.2, -0.15) is 5.10 Å². The number of aliphatic hydroxyl groups excluding tert-OH is 1. The summed E-state index contributed by atoms with van der Waals surface area (Å²) in [5.74, 6) is 0. The van der Waals surface area contributed by atoms with Gasteiger partial charge in [0.05, 0.1) is 24.0 Å². The summed E-state index contributed by atoms with van der Waals surface area (Å²) in [6.45, 7) is 4.75. The summed E-state index contributed by atoms with van der Waals surface area (Å²) < 4.78 is 2.24. The summed E-state index contributed by atoms with van der Waals surface area (Å²) >= 11 is 0. The summed E-state index contributed by atoms with van der Waals surface area (Å²) in [7, 11) is 0. The van der Waals surface area contributed by atoms with Crippen LogP contribution in [0.4, 0.5) is 0 Å². The second-order valence-electron chi connectivity index (χ2n) is 7.04. The van der Waals surface area contributed by atoms with E-state index in [4.69, 9.17) is 0 Å². The second-order valence-corrected chi connectivity index (χ2v) is 7.04. The zero-order valence-electron chi connectivity index (χ0n) is 14.1. The number of aliphatic hydroxyl groups is 1. The number of nitrogens with zero attached hydrogens (tertiary/aromatic N) is 3. The van der Waals surface area contributed by atoms with Crippen molar-refractivity contribution in [3.05, 3.63) is 53.3 Å². The molecule has 0 bridgehead atoms. The molecule has 1 atom stereocenters. The predicted octanol–water partition coefficient (Wildman–Crippen LogP) is 1.73. The molecule has 2 aliphatic heterocycles. The van der Waals surface area contributed by atoms with Gasteiger partial charge in [-0.15, -0.1) is 0 Å². The van der Waals surface area contributed by atoms with Crippen LogP contribution in [-0.2, 0) is 19.5 Å². The maximum absolute atomic E-state index is 10.4. The lowest BCUT2D eigenvalue weighted by Crippen LogP contribution is -2.40. The lowest BCUT2D eigenvalue weighted by molar-refractivity contribution is 0.0886. The molecule has 1 aromatic carbocycles. The summed E-state index contributed by atoms with van der Waals surface area (Å²) in [6.07, 6.45) is 4.70. The molecule has 0 amide bonds. The third-order valence-corrected chi connectivity index (χ3v) is 5.28. The summed E-state index contributed by atoms with van der Waals surface area (Å²) in [5, 5.41) is 18.4. The normalized spacial score (nSPS) is 20.2. The minimum atomic E-state index is -0.290. The van der Waals surface area contributed by atoms with E-state index in [2.05, 4.69) is 32.1 Å². The van der Waals surface area contributed by atoms with E-state index in [9.17, 15) is 5.11 Å². The Morgan fingerprint density at radius 1 is 1.17 bits per heavy atom. The molecule has 5 heteroatoms. The van der Waals surface area contributed by atoms with Gasteiger partial charge < -0.3 is 15.3 Å². The summed E-state index contributed by atoms with van der Waals surface area (Å²) in [6, 6.07) is 10.8. The first-order valence-corrected chi connectivity index (χ1v) is 9.00. The Morgan fingerprint density at radius 3 is 2.75 bits per heavy atom. The van der Waals surface area contributed by atoms with Crippen molar-refractivity contribution in [2.75, 3.05) is 19.6 Å². The molecule has 4 rings (SSSR count). The number of aromatic nitrogens is 2. The van der Waals surface area contributed by atoms with Crippen LogP contribution in [-0.4, -0.2) is 45.5 Å². The Bertz CT molecular complexity index is 661. The Kier molecular flexibility index (Phi) is 4.65. The van der Waals surface area contributed by atoms with Gasteiger partial charge in [0.25, 0.3) is 0 Å². The van der Waals surface area contributed by atoms with Crippen molar-refractivity contribution in [2.24, 2.45) is 0 Å². The smallest absolute Gasteiger partial charge is 0.0707 e. The second kappa shape index (κ2) is 7.05. The number of nitrogens with one attached hydrogen (secondary N) is 1. The number of hydrogen-bond donors (Lipinski definition) is 2. The Hall–Kier alpha value is -1.69. The first-order chi connectivity index (χ1) is 11.8. The van der Waals surface area contributed by atoms with Gasteiger partial charge in [0.1, 0.15) is 0 Å². The molecule has 24 heavy (non-hydrogen) atoms. The summed E-state index contributed by atoms with van der Waals surface area (Å²) in [5.41, 5.74) is 3.94.